The molecule has 208 valence electrons. The van der Waals surface area contributed by atoms with Gasteiger partial charge in [0.05, 0.1) is 18.8 Å². The Hall–Kier alpha value is -3.03. The van der Waals surface area contributed by atoms with Crippen LogP contribution in [0.1, 0.15) is 99.1 Å². The van der Waals surface area contributed by atoms with Crippen molar-refractivity contribution in [3.05, 3.63) is 75.6 Å². The summed E-state index contributed by atoms with van der Waals surface area (Å²) < 4.78 is 37.9. The molecule has 0 unspecified atom stereocenters. The number of carbonyl (C=O) groups is 1. The van der Waals surface area contributed by atoms with Crippen LogP contribution >= 0.6 is 0 Å². The van der Waals surface area contributed by atoms with Gasteiger partial charge in [-0.3, -0.25) is 0 Å². The van der Waals surface area contributed by atoms with Crippen LogP contribution in [0, 0.1) is 17.7 Å². The fourth-order valence-corrected chi connectivity index (χ4v) is 5.91. The number of benzene rings is 2. The van der Waals surface area contributed by atoms with E-state index in [4.69, 9.17) is 18.6 Å². The van der Waals surface area contributed by atoms with Crippen LogP contribution < -0.4 is 10.4 Å². The van der Waals surface area contributed by atoms with E-state index in [1.807, 2.05) is 0 Å². The minimum Gasteiger partial charge on any atom is -0.427 e. The smallest absolute Gasteiger partial charge is 0.346 e. The van der Waals surface area contributed by atoms with Crippen LogP contribution in [0.25, 0.3) is 10.8 Å². The third kappa shape index (κ3) is 6.25. The molecule has 0 bridgehead atoms. The van der Waals surface area contributed by atoms with E-state index >= 15 is 4.39 Å². The molecular formula is C32H37FO6. The number of halogens is 1. The molecule has 2 aliphatic rings. The van der Waals surface area contributed by atoms with E-state index in [0.717, 1.165) is 50.0 Å². The highest BCUT2D eigenvalue weighted by Crippen LogP contribution is 2.38. The summed E-state index contributed by atoms with van der Waals surface area (Å²) >= 11 is 0. The summed E-state index contributed by atoms with van der Waals surface area (Å²) in [6.45, 7) is 5.62. The van der Waals surface area contributed by atoms with Gasteiger partial charge in [-0.15, -0.1) is 0 Å². The van der Waals surface area contributed by atoms with E-state index in [2.05, 4.69) is 13.8 Å². The first kappa shape index (κ1) is 27.5. The second-order valence-corrected chi connectivity index (χ2v) is 10.9. The molecule has 1 aromatic heterocycles. The van der Waals surface area contributed by atoms with Gasteiger partial charge in [0.25, 0.3) is 0 Å². The van der Waals surface area contributed by atoms with Gasteiger partial charge in [0, 0.05) is 17.4 Å². The Bertz CT molecular complexity index is 1330. The van der Waals surface area contributed by atoms with Crippen molar-refractivity contribution in [3.8, 4) is 5.75 Å². The monoisotopic (exact) mass is 536 g/mol. The zero-order valence-electron chi connectivity index (χ0n) is 22.7. The first-order chi connectivity index (χ1) is 19.0. The summed E-state index contributed by atoms with van der Waals surface area (Å²) in [6, 6.07) is 11.4. The Morgan fingerprint density at radius 1 is 0.923 bits per heavy atom. The fourth-order valence-electron chi connectivity index (χ4n) is 5.91. The first-order valence-electron chi connectivity index (χ1n) is 14.3. The van der Waals surface area contributed by atoms with Crippen LogP contribution in [-0.4, -0.2) is 19.2 Å². The predicted molar refractivity (Wildman–Crippen MR) is 146 cm³/mol. The van der Waals surface area contributed by atoms with Crippen LogP contribution in [0.2, 0.25) is 0 Å². The molecule has 3 aromatic rings. The van der Waals surface area contributed by atoms with Gasteiger partial charge in [0.2, 0.25) is 0 Å². The molecule has 2 fully saturated rings. The zero-order valence-corrected chi connectivity index (χ0v) is 22.7. The summed E-state index contributed by atoms with van der Waals surface area (Å²) in [5.74, 6) is -0.0151. The van der Waals surface area contributed by atoms with Crippen molar-refractivity contribution < 1.29 is 27.8 Å². The van der Waals surface area contributed by atoms with E-state index in [9.17, 15) is 9.59 Å². The Kier molecular flexibility index (Phi) is 8.78. The lowest BCUT2D eigenvalue weighted by Gasteiger charge is -2.29. The SMILES string of the molecule is CCCC1CCC(c2cc3ccc(OC(=O)c4ccc(C5OCC(CCC)CO5)cc4)c(F)c3c(=O)o2)CC1. The second kappa shape index (κ2) is 12.4. The molecule has 1 saturated heterocycles. The fraction of sp³-hybridized carbons (Fsp3) is 0.500. The molecule has 2 aromatic carbocycles. The number of carbonyl (C=O) groups excluding carboxylic acids is 1. The highest BCUT2D eigenvalue weighted by atomic mass is 19.1. The van der Waals surface area contributed by atoms with Crippen molar-refractivity contribution in [2.24, 2.45) is 11.8 Å². The van der Waals surface area contributed by atoms with Gasteiger partial charge in [-0.2, -0.15) is 0 Å². The highest BCUT2D eigenvalue weighted by Gasteiger charge is 2.26. The van der Waals surface area contributed by atoms with E-state index in [1.54, 1.807) is 36.4 Å². The Morgan fingerprint density at radius 3 is 2.26 bits per heavy atom. The first-order valence-corrected chi connectivity index (χ1v) is 14.3. The van der Waals surface area contributed by atoms with Gasteiger partial charge >= 0.3 is 11.6 Å². The maximum absolute atomic E-state index is 15.3. The number of ether oxygens (including phenoxy) is 3. The maximum Gasteiger partial charge on any atom is 0.346 e. The highest BCUT2D eigenvalue weighted by molar-refractivity contribution is 5.92. The largest absolute Gasteiger partial charge is 0.427 e. The number of fused-ring (bicyclic) bond motifs is 1. The molecular weight excluding hydrogens is 499 g/mol. The van der Waals surface area contributed by atoms with Gasteiger partial charge in [-0.1, -0.05) is 51.3 Å². The molecule has 0 N–H and O–H groups in total. The molecule has 1 aliphatic carbocycles. The number of hydrogen-bond acceptors (Lipinski definition) is 6. The normalized spacial score (nSPS) is 23.6. The third-order valence-corrected chi connectivity index (χ3v) is 8.08. The Morgan fingerprint density at radius 2 is 1.59 bits per heavy atom. The van der Waals surface area contributed by atoms with Crippen LogP contribution in [0.4, 0.5) is 4.39 Å². The molecule has 1 saturated carbocycles. The van der Waals surface area contributed by atoms with Gasteiger partial charge < -0.3 is 18.6 Å². The topological polar surface area (TPSA) is 75.0 Å². The van der Waals surface area contributed by atoms with Crippen molar-refractivity contribution in [2.45, 2.75) is 77.4 Å². The van der Waals surface area contributed by atoms with E-state index in [1.165, 1.54) is 18.9 Å². The van der Waals surface area contributed by atoms with Crippen molar-refractivity contribution in [1.82, 2.24) is 0 Å². The summed E-state index contributed by atoms with van der Waals surface area (Å²) in [5.41, 5.74) is 0.302. The second-order valence-electron chi connectivity index (χ2n) is 10.9. The number of esters is 1. The Labute approximate surface area is 228 Å². The molecule has 39 heavy (non-hydrogen) atoms. The molecule has 0 amide bonds. The summed E-state index contributed by atoms with van der Waals surface area (Å²) in [6.07, 6.45) is 8.25. The average molecular weight is 537 g/mol. The molecule has 1 aliphatic heterocycles. The molecule has 2 heterocycles. The van der Waals surface area contributed by atoms with Gasteiger partial charge in [0.1, 0.15) is 11.1 Å². The van der Waals surface area contributed by atoms with Gasteiger partial charge in [0.15, 0.2) is 17.9 Å². The minimum atomic E-state index is -0.893. The van der Waals surface area contributed by atoms with E-state index < -0.39 is 23.7 Å². The lowest BCUT2D eigenvalue weighted by atomic mass is 9.79. The minimum absolute atomic E-state index is 0.168. The molecule has 6 nitrogen and oxygen atoms in total. The standard InChI is InChI=1S/C32H37FO6/c1-3-5-20-7-9-22(10-8-20)27-17-25-15-16-26(29(33)28(25)31(35)39-27)38-30(34)23-11-13-24(14-12-23)32-36-18-21(6-4-2)19-37-32/h11-17,20-22,32H,3-10,18-19H2,1-2H3. The molecule has 0 radical (unpaired) electrons. The number of rotatable bonds is 8. The lowest BCUT2D eigenvalue weighted by molar-refractivity contribution is -0.206. The maximum atomic E-state index is 15.3. The zero-order chi connectivity index (χ0) is 27.4. The van der Waals surface area contributed by atoms with Crippen molar-refractivity contribution in [3.63, 3.8) is 0 Å². The predicted octanol–water partition coefficient (Wildman–Crippen LogP) is 7.69. The molecule has 7 heteroatoms. The van der Waals surface area contributed by atoms with Crippen molar-refractivity contribution in [2.75, 3.05) is 13.2 Å². The van der Waals surface area contributed by atoms with Crippen LogP contribution in [0.15, 0.2) is 51.7 Å². The van der Waals surface area contributed by atoms with E-state index in [0.29, 0.717) is 30.3 Å². The van der Waals surface area contributed by atoms with Crippen LogP contribution in [-0.2, 0) is 9.47 Å². The summed E-state index contributed by atoms with van der Waals surface area (Å²) in [7, 11) is 0. The lowest BCUT2D eigenvalue weighted by Crippen LogP contribution is -2.27. The molecule has 0 spiro atoms. The molecule has 0 atom stereocenters. The Balaban J connectivity index is 1.26. The van der Waals surface area contributed by atoms with Crippen molar-refractivity contribution >= 4 is 16.7 Å². The number of hydrogen-bond donors (Lipinski definition) is 0. The van der Waals surface area contributed by atoms with Gasteiger partial charge in [-0.05, 0) is 67.7 Å². The van der Waals surface area contributed by atoms with E-state index in [-0.39, 0.29) is 22.6 Å². The average Bonchev–Trinajstić information content (AvgIpc) is 2.95. The van der Waals surface area contributed by atoms with Gasteiger partial charge in [-0.25, -0.2) is 14.0 Å². The van der Waals surface area contributed by atoms with Crippen LogP contribution in [0.3, 0.4) is 0 Å². The summed E-state index contributed by atoms with van der Waals surface area (Å²) in [5, 5.41) is 0.249. The molecule has 5 rings (SSSR count). The van der Waals surface area contributed by atoms with Crippen LogP contribution in [0.5, 0.6) is 5.75 Å². The van der Waals surface area contributed by atoms with Crippen molar-refractivity contribution in [1.29, 1.82) is 0 Å². The quantitative estimate of drug-likeness (QED) is 0.217. The summed E-state index contributed by atoms with van der Waals surface area (Å²) in [4.78, 5) is 25.6. The third-order valence-electron chi connectivity index (χ3n) is 8.08.